The highest BCUT2D eigenvalue weighted by Gasteiger charge is 2.23. The fraction of sp³-hybridized carbons (Fsp3) is 0.231. The molecule has 0 fully saturated rings. The van der Waals surface area contributed by atoms with Crippen molar-refractivity contribution in [1.29, 1.82) is 0 Å². The average Bonchev–Trinajstić information content (AvgIpc) is 2.67. The summed E-state index contributed by atoms with van der Waals surface area (Å²) in [5.41, 5.74) is 0.977. The fourth-order valence-electron chi connectivity index (χ4n) is 2.07. The third-order valence-electron chi connectivity index (χ3n) is 2.87. The maximum Gasteiger partial charge on any atom is 0.355 e. The Morgan fingerprint density at radius 1 is 1.42 bits per heavy atom. The van der Waals surface area contributed by atoms with Crippen LogP contribution in [0.4, 0.5) is 0 Å². The number of aryl methyl sites for hydroxylation is 1. The molecule has 1 heterocycles. The van der Waals surface area contributed by atoms with Gasteiger partial charge in [-0.05, 0) is 13.0 Å². The maximum atomic E-state index is 11.9. The van der Waals surface area contributed by atoms with Crippen LogP contribution in [0.15, 0.2) is 12.1 Å². The van der Waals surface area contributed by atoms with E-state index in [0.717, 1.165) is 0 Å². The van der Waals surface area contributed by atoms with Gasteiger partial charge in [-0.15, -0.1) is 0 Å². The maximum absolute atomic E-state index is 11.9. The van der Waals surface area contributed by atoms with Crippen LogP contribution in [0.5, 0.6) is 0 Å². The van der Waals surface area contributed by atoms with E-state index >= 15 is 0 Å². The SMILES string of the molecule is CCOC(=O)c1c(C=O)c2ccc(Cl)c(Cl)c2n1C. The minimum absolute atomic E-state index is 0.177. The summed E-state index contributed by atoms with van der Waals surface area (Å²) in [4.78, 5) is 23.2. The summed E-state index contributed by atoms with van der Waals surface area (Å²) in [6, 6.07) is 3.25. The standard InChI is InChI=1S/C13H11Cl2NO3/c1-3-19-13(18)12-8(6-17)7-4-5-9(14)10(15)11(7)16(12)2/h4-6H,3H2,1-2H3. The molecule has 0 spiro atoms. The van der Waals surface area contributed by atoms with Gasteiger partial charge in [-0.25, -0.2) is 4.79 Å². The predicted molar refractivity (Wildman–Crippen MR) is 74.3 cm³/mol. The van der Waals surface area contributed by atoms with Crippen LogP contribution in [-0.2, 0) is 11.8 Å². The lowest BCUT2D eigenvalue weighted by Crippen LogP contribution is -2.12. The smallest absolute Gasteiger partial charge is 0.355 e. The molecule has 0 atom stereocenters. The van der Waals surface area contributed by atoms with Gasteiger partial charge in [0.1, 0.15) is 5.69 Å². The van der Waals surface area contributed by atoms with E-state index in [4.69, 9.17) is 27.9 Å². The van der Waals surface area contributed by atoms with Crippen molar-refractivity contribution in [2.45, 2.75) is 6.92 Å². The molecule has 0 aliphatic rings. The van der Waals surface area contributed by atoms with Crippen molar-refractivity contribution >= 4 is 46.4 Å². The number of aromatic nitrogens is 1. The monoisotopic (exact) mass is 299 g/mol. The molecule has 0 aliphatic heterocycles. The van der Waals surface area contributed by atoms with Crippen LogP contribution in [0.1, 0.15) is 27.8 Å². The first-order valence-corrected chi connectivity index (χ1v) is 6.37. The molecular weight excluding hydrogens is 289 g/mol. The minimum Gasteiger partial charge on any atom is -0.461 e. The number of carbonyl (C=O) groups is 2. The number of nitrogens with zero attached hydrogens (tertiary/aromatic N) is 1. The van der Waals surface area contributed by atoms with Crippen LogP contribution >= 0.6 is 23.2 Å². The Morgan fingerprint density at radius 2 is 2.11 bits per heavy atom. The summed E-state index contributed by atoms with van der Waals surface area (Å²) in [5.74, 6) is -0.560. The summed E-state index contributed by atoms with van der Waals surface area (Å²) in [6.07, 6.45) is 0.624. The van der Waals surface area contributed by atoms with Gasteiger partial charge >= 0.3 is 5.97 Å². The van der Waals surface area contributed by atoms with Crippen molar-refractivity contribution < 1.29 is 14.3 Å². The van der Waals surface area contributed by atoms with Crippen molar-refractivity contribution in [1.82, 2.24) is 4.57 Å². The molecule has 4 nitrogen and oxygen atoms in total. The van der Waals surface area contributed by atoms with Gasteiger partial charge in [0.15, 0.2) is 6.29 Å². The Bertz CT molecular complexity index is 676. The van der Waals surface area contributed by atoms with E-state index < -0.39 is 5.97 Å². The summed E-state index contributed by atoms with van der Waals surface area (Å²) in [7, 11) is 1.64. The lowest BCUT2D eigenvalue weighted by molar-refractivity contribution is 0.0513. The lowest BCUT2D eigenvalue weighted by Gasteiger charge is -2.05. The van der Waals surface area contributed by atoms with Crippen LogP contribution in [0.3, 0.4) is 0 Å². The van der Waals surface area contributed by atoms with Crippen molar-refractivity contribution in [2.24, 2.45) is 7.05 Å². The summed E-state index contributed by atoms with van der Waals surface area (Å²) in [5, 5.41) is 1.25. The van der Waals surface area contributed by atoms with Crippen LogP contribution in [0.2, 0.25) is 10.0 Å². The van der Waals surface area contributed by atoms with Crippen molar-refractivity contribution in [3.05, 3.63) is 33.4 Å². The Hall–Kier alpha value is -1.52. The summed E-state index contributed by atoms with van der Waals surface area (Å²) in [6.45, 7) is 1.93. The van der Waals surface area contributed by atoms with E-state index in [9.17, 15) is 9.59 Å². The first-order valence-electron chi connectivity index (χ1n) is 5.61. The van der Waals surface area contributed by atoms with Gasteiger partial charge in [-0.2, -0.15) is 0 Å². The number of ether oxygens (including phenoxy) is 1. The molecule has 1 aromatic heterocycles. The van der Waals surface area contributed by atoms with Gasteiger partial charge in [0.2, 0.25) is 0 Å². The molecule has 0 saturated carbocycles. The van der Waals surface area contributed by atoms with Crippen LogP contribution in [0.25, 0.3) is 10.9 Å². The number of fused-ring (bicyclic) bond motifs is 1. The molecular formula is C13H11Cl2NO3. The Labute approximate surface area is 119 Å². The van der Waals surface area contributed by atoms with E-state index in [-0.39, 0.29) is 17.9 Å². The normalized spacial score (nSPS) is 10.7. The van der Waals surface area contributed by atoms with Gasteiger partial charge < -0.3 is 9.30 Å². The van der Waals surface area contributed by atoms with Crippen LogP contribution < -0.4 is 0 Å². The van der Waals surface area contributed by atoms with Crippen molar-refractivity contribution in [3.8, 4) is 0 Å². The molecule has 0 saturated heterocycles. The van der Waals surface area contributed by atoms with E-state index in [2.05, 4.69) is 0 Å². The quantitative estimate of drug-likeness (QED) is 0.644. The average molecular weight is 300 g/mol. The second kappa shape index (κ2) is 5.23. The van der Waals surface area contributed by atoms with Gasteiger partial charge in [0, 0.05) is 12.4 Å². The lowest BCUT2D eigenvalue weighted by atomic mass is 10.1. The molecule has 2 rings (SSSR count). The first-order chi connectivity index (χ1) is 9.02. The minimum atomic E-state index is -0.560. The van der Waals surface area contributed by atoms with Gasteiger partial charge in [0.05, 0.1) is 27.7 Å². The third kappa shape index (κ3) is 2.11. The number of rotatable bonds is 3. The molecule has 0 N–H and O–H groups in total. The number of halogens is 2. The second-order valence-corrected chi connectivity index (χ2v) is 4.70. The highest BCUT2D eigenvalue weighted by Crippen LogP contribution is 2.34. The van der Waals surface area contributed by atoms with Crippen LogP contribution in [-0.4, -0.2) is 23.4 Å². The summed E-state index contributed by atoms with van der Waals surface area (Å²) < 4.78 is 6.49. The van der Waals surface area contributed by atoms with E-state index in [1.807, 2.05) is 0 Å². The molecule has 0 aliphatic carbocycles. The van der Waals surface area contributed by atoms with E-state index in [1.165, 1.54) is 4.57 Å². The highest BCUT2D eigenvalue weighted by molar-refractivity contribution is 6.45. The number of carbonyl (C=O) groups excluding carboxylic acids is 2. The van der Waals surface area contributed by atoms with Crippen LogP contribution in [0, 0.1) is 0 Å². The predicted octanol–water partition coefficient (Wildman–Crippen LogP) is 3.47. The first kappa shape index (κ1) is 13.9. The second-order valence-electron chi connectivity index (χ2n) is 3.92. The topological polar surface area (TPSA) is 48.3 Å². The van der Waals surface area contributed by atoms with E-state index in [0.29, 0.717) is 27.2 Å². The molecule has 1 aromatic carbocycles. The summed E-state index contributed by atoms with van der Waals surface area (Å²) >= 11 is 12.1. The Balaban J connectivity index is 2.85. The van der Waals surface area contributed by atoms with Gasteiger partial charge in [-0.1, -0.05) is 29.3 Å². The molecule has 0 radical (unpaired) electrons. The van der Waals surface area contributed by atoms with Crippen molar-refractivity contribution in [3.63, 3.8) is 0 Å². The largest absolute Gasteiger partial charge is 0.461 e. The number of aldehydes is 1. The molecule has 19 heavy (non-hydrogen) atoms. The Morgan fingerprint density at radius 3 is 2.68 bits per heavy atom. The molecule has 0 amide bonds. The molecule has 100 valence electrons. The highest BCUT2D eigenvalue weighted by atomic mass is 35.5. The fourth-order valence-corrected chi connectivity index (χ4v) is 2.51. The zero-order valence-electron chi connectivity index (χ0n) is 10.4. The number of benzene rings is 1. The molecule has 0 unspecified atom stereocenters. The third-order valence-corrected chi connectivity index (χ3v) is 3.67. The van der Waals surface area contributed by atoms with Gasteiger partial charge in [-0.3, -0.25) is 4.79 Å². The zero-order valence-corrected chi connectivity index (χ0v) is 11.9. The van der Waals surface area contributed by atoms with Crippen molar-refractivity contribution in [2.75, 3.05) is 6.61 Å². The number of esters is 1. The van der Waals surface area contributed by atoms with Gasteiger partial charge in [0.25, 0.3) is 0 Å². The molecule has 6 heteroatoms. The van der Waals surface area contributed by atoms with E-state index in [1.54, 1.807) is 26.1 Å². The Kier molecular flexibility index (Phi) is 3.83. The number of hydrogen-bond acceptors (Lipinski definition) is 3. The molecule has 2 aromatic rings. The number of hydrogen-bond donors (Lipinski definition) is 0. The zero-order chi connectivity index (χ0) is 14.2. The molecule has 0 bridgehead atoms.